The Morgan fingerprint density at radius 3 is 2.00 bits per heavy atom. The highest BCUT2D eigenvalue weighted by Gasteiger charge is 2.24. The molecule has 0 heterocycles. The maximum Gasteiger partial charge on any atom is 0.315 e. The summed E-state index contributed by atoms with van der Waals surface area (Å²) < 4.78 is 0. The van der Waals surface area contributed by atoms with E-state index < -0.39 is 6.04 Å². The third kappa shape index (κ3) is 6.71. The van der Waals surface area contributed by atoms with Crippen LogP contribution in [0.5, 0.6) is 0 Å². The van der Waals surface area contributed by atoms with E-state index in [1.807, 2.05) is 86.6 Å². The molecule has 1 unspecified atom stereocenters. The molecule has 0 bridgehead atoms. The second-order valence-electron chi connectivity index (χ2n) is 7.84. The van der Waals surface area contributed by atoms with Gasteiger partial charge in [-0.3, -0.25) is 4.79 Å². The van der Waals surface area contributed by atoms with Crippen LogP contribution in [0.15, 0.2) is 84.9 Å². The number of para-hydroxylation sites is 1. The highest BCUT2D eigenvalue weighted by molar-refractivity contribution is 5.97. The number of hydrogen-bond acceptors (Lipinski definition) is 2. The van der Waals surface area contributed by atoms with Crippen LogP contribution >= 0.6 is 0 Å². The zero-order valence-electron chi connectivity index (χ0n) is 18.0. The standard InChI is InChI=1S/C26H29N3O2/c1-19(2)24(29-26(31)27-18-21-13-7-4-8-14-21)25(30)28-23-16-10-9-15-22(23)17-20-11-5-3-6-12-20/h3-16,19,24H,17-18H2,1-2H3,(H,28,30)(H2,27,29,31). The van der Waals surface area contributed by atoms with Crippen LogP contribution < -0.4 is 16.0 Å². The minimum Gasteiger partial charge on any atom is -0.334 e. The van der Waals surface area contributed by atoms with Crippen molar-refractivity contribution in [3.8, 4) is 0 Å². The van der Waals surface area contributed by atoms with Gasteiger partial charge in [0.2, 0.25) is 5.91 Å². The smallest absolute Gasteiger partial charge is 0.315 e. The van der Waals surface area contributed by atoms with Gasteiger partial charge in [-0.25, -0.2) is 4.79 Å². The summed E-state index contributed by atoms with van der Waals surface area (Å²) in [7, 11) is 0. The number of urea groups is 1. The molecule has 31 heavy (non-hydrogen) atoms. The number of carbonyl (C=O) groups excluding carboxylic acids is 2. The minimum atomic E-state index is -0.652. The third-order valence-electron chi connectivity index (χ3n) is 5.04. The highest BCUT2D eigenvalue weighted by atomic mass is 16.2. The largest absolute Gasteiger partial charge is 0.334 e. The van der Waals surface area contributed by atoms with Gasteiger partial charge in [-0.2, -0.15) is 0 Å². The number of amides is 3. The summed E-state index contributed by atoms with van der Waals surface area (Å²) in [5.41, 5.74) is 3.95. The Morgan fingerprint density at radius 1 is 0.774 bits per heavy atom. The van der Waals surface area contributed by atoms with E-state index in [0.717, 1.165) is 16.8 Å². The molecule has 3 amide bonds. The first-order valence-corrected chi connectivity index (χ1v) is 10.5. The molecule has 0 saturated carbocycles. The van der Waals surface area contributed by atoms with Crippen molar-refractivity contribution in [3.63, 3.8) is 0 Å². The minimum absolute atomic E-state index is 0.0660. The molecule has 160 valence electrons. The Morgan fingerprint density at radius 2 is 1.35 bits per heavy atom. The van der Waals surface area contributed by atoms with Crippen molar-refractivity contribution >= 4 is 17.6 Å². The van der Waals surface area contributed by atoms with Crippen LogP contribution in [0.1, 0.15) is 30.5 Å². The van der Waals surface area contributed by atoms with E-state index >= 15 is 0 Å². The fraction of sp³-hybridized carbons (Fsp3) is 0.231. The Hall–Kier alpha value is -3.60. The van der Waals surface area contributed by atoms with Gasteiger partial charge in [0.1, 0.15) is 6.04 Å². The van der Waals surface area contributed by atoms with Crippen molar-refractivity contribution in [2.75, 3.05) is 5.32 Å². The van der Waals surface area contributed by atoms with Gasteiger partial charge in [-0.05, 0) is 35.1 Å². The average molecular weight is 416 g/mol. The van der Waals surface area contributed by atoms with Crippen molar-refractivity contribution < 1.29 is 9.59 Å². The molecule has 5 heteroatoms. The van der Waals surface area contributed by atoms with Crippen LogP contribution in [0.25, 0.3) is 0 Å². The van der Waals surface area contributed by atoms with Gasteiger partial charge in [0.25, 0.3) is 0 Å². The highest BCUT2D eigenvalue weighted by Crippen LogP contribution is 2.20. The van der Waals surface area contributed by atoms with Crippen LogP contribution in [0, 0.1) is 5.92 Å². The fourth-order valence-corrected chi connectivity index (χ4v) is 3.33. The number of carbonyl (C=O) groups is 2. The SMILES string of the molecule is CC(C)C(NC(=O)NCc1ccccc1)C(=O)Nc1ccccc1Cc1ccccc1. The summed E-state index contributed by atoms with van der Waals surface area (Å²) in [5.74, 6) is -0.297. The zero-order valence-corrected chi connectivity index (χ0v) is 18.0. The Balaban J connectivity index is 1.63. The van der Waals surface area contributed by atoms with Crippen molar-refractivity contribution in [1.82, 2.24) is 10.6 Å². The van der Waals surface area contributed by atoms with E-state index in [2.05, 4.69) is 28.1 Å². The predicted octanol–water partition coefficient (Wildman–Crippen LogP) is 4.74. The van der Waals surface area contributed by atoms with E-state index in [4.69, 9.17) is 0 Å². The van der Waals surface area contributed by atoms with Crippen molar-refractivity contribution in [1.29, 1.82) is 0 Å². The van der Waals surface area contributed by atoms with Gasteiger partial charge < -0.3 is 16.0 Å². The third-order valence-corrected chi connectivity index (χ3v) is 5.04. The Labute approximate surface area is 183 Å². The molecule has 0 fully saturated rings. The van der Waals surface area contributed by atoms with E-state index in [9.17, 15) is 9.59 Å². The number of benzene rings is 3. The normalized spacial score (nSPS) is 11.6. The molecule has 0 aliphatic carbocycles. The fourth-order valence-electron chi connectivity index (χ4n) is 3.33. The number of rotatable bonds is 8. The molecule has 3 rings (SSSR count). The van der Waals surface area contributed by atoms with Crippen LogP contribution in [0.2, 0.25) is 0 Å². The molecule has 0 aromatic heterocycles. The molecule has 3 N–H and O–H groups in total. The quantitative estimate of drug-likeness (QED) is 0.497. The predicted molar refractivity (Wildman–Crippen MR) is 125 cm³/mol. The Bertz CT molecular complexity index is 988. The molecular formula is C26H29N3O2. The number of anilines is 1. The van der Waals surface area contributed by atoms with Crippen molar-refractivity contribution in [3.05, 3.63) is 102 Å². The summed E-state index contributed by atoms with van der Waals surface area (Å²) in [6.45, 7) is 4.23. The lowest BCUT2D eigenvalue weighted by Gasteiger charge is -2.23. The number of hydrogen-bond donors (Lipinski definition) is 3. The summed E-state index contributed by atoms with van der Waals surface area (Å²) in [6, 6.07) is 26.5. The molecule has 0 saturated heterocycles. The maximum absolute atomic E-state index is 13.0. The summed E-state index contributed by atoms with van der Waals surface area (Å²) >= 11 is 0. The molecular weight excluding hydrogens is 386 g/mol. The topological polar surface area (TPSA) is 70.2 Å². The van der Waals surface area contributed by atoms with Gasteiger partial charge in [0, 0.05) is 12.2 Å². The Kier molecular flexibility index (Phi) is 7.82. The van der Waals surface area contributed by atoms with Gasteiger partial charge in [-0.1, -0.05) is 92.7 Å². The lowest BCUT2D eigenvalue weighted by atomic mass is 10.0. The summed E-state index contributed by atoms with van der Waals surface area (Å²) in [6.07, 6.45) is 0.717. The molecule has 3 aromatic carbocycles. The molecule has 5 nitrogen and oxygen atoms in total. The maximum atomic E-state index is 13.0. The molecule has 3 aromatic rings. The van der Waals surface area contributed by atoms with Gasteiger partial charge in [0.05, 0.1) is 0 Å². The van der Waals surface area contributed by atoms with Crippen LogP contribution in [0.4, 0.5) is 10.5 Å². The van der Waals surface area contributed by atoms with E-state index in [1.165, 1.54) is 5.56 Å². The summed E-state index contributed by atoms with van der Waals surface area (Å²) in [5, 5.41) is 8.64. The molecule has 1 atom stereocenters. The zero-order chi connectivity index (χ0) is 22.1. The second-order valence-corrected chi connectivity index (χ2v) is 7.84. The molecule has 0 spiro atoms. The van der Waals surface area contributed by atoms with E-state index in [0.29, 0.717) is 13.0 Å². The van der Waals surface area contributed by atoms with Crippen LogP contribution in [-0.4, -0.2) is 18.0 Å². The van der Waals surface area contributed by atoms with Gasteiger partial charge in [0.15, 0.2) is 0 Å². The average Bonchev–Trinajstić information content (AvgIpc) is 2.78. The van der Waals surface area contributed by atoms with E-state index in [1.54, 1.807) is 0 Å². The van der Waals surface area contributed by atoms with Crippen molar-refractivity contribution in [2.45, 2.75) is 32.9 Å². The lowest BCUT2D eigenvalue weighted by molar-refractivity contribution is -0.118. The monoisotopic (exact) mass is 415 g/mol. The van der Waals surface area contributed by atoms with E-state index in [-0.39, 0.29) is 17.9 Å². The number of nitrogens with one attached hydrogen (secondary N) is 3. The summed E-state index contributed by atoms with van der Waals surface area (Å²) in [4.78, 5) is 25.4. The molecule has 0 radical (unpaired) electrons. The lowest BCUT2D eigenvalue weighted by Crippen LogP contribution is -2.50. The van der Waals surface area contributed by atoms with Gasteiger partial charge in [-0.15, -0.1) is 0 Å². The second kappa shape index (κ2) is 11.0. The molecule has 0 aliphatic rings. The van der Waals surface area contributed by atoms with Crippen LogP contribution in [-0.2, 0) is 17.8 Å². The van der Waals surface area contributed by atoms with Crippen LogP contribution in [0.3, 0.4) is 0 Å². The first kappa shape index (κ1) is 22.1. The first-order chi connectivity index (χ1) is 15.0. The van der Waals surface area contributed by atoms with Gasteiger partial charge >= 0.3 is 6.03 Å². The van der Waals surface area contributed by atoms with Crippen molar-refractivity contribution in [2.24, 2.45) is 5.92 Å². The molecule has 0 aliphatic heterocycles. The first-order valence-electron chi connectivity index (χ1n) is 10.5.